The van der Waals surface area contributed by atoms with E-state index in [1.165, 1.54) is 12.3 Å². The SMILES string of the molecule is C=CC(=O)c1cccnn1. The molecule has 1 heterocycles. The molecule has 0 aliphatic carbocycles. The number of carbonyl (C=O) groups excluding carboxylic acids is 1. The maximum Gasteiger partial charge on any atom is 0.205 e. The van der Waals surface area contributed by atoms with Crippen molar-refractivity contribution in [3.63, 3.8) is 0 Å². The van der Waals surface area contributed by atoms with Crippen molar-refractivity contribution in [2.75, 3.05) is 0 Å². The lowest BCUT2D eigenvalue weighted by molar-refractivity contribution is 0.104. The number of hydrogen-bond acceptors (Lipinski definition) is 3. The van der Waals surface area contributed by atoms with Crippen LogP contribution in [0.3, 0.4) is 0 Å². The maximum absolute atomic E-state index is 10.8. The molecule has 50 valence electrons. The van der Waals surface area contributed by atoms with E-state index in [0.717, 1.165) is 0 Å². The van der Waals surface area contributed by atoms with Gasteiger partial charge in [-0.3, -0.25) is 4.79 Å². The molecule has 0 amide bonds. The third-order valence-electron chi connectivity index (χ3n) is 1.01. The molecule has 3 heteroatoms. The van der Waals surface area contributed by atoms with Gasteiger partial charge in [0.1, 0.15) is 5.69 Å². The Kier molecular flexibility index (Phi) is 1.89. The molecule has 0 spiro atoms. The van der Waals surface area contributed by atoms with E-state index in [2.05, 4.69) is 16.8 Å². The van der Waals surface area contributed by atoms with Gasteiger partial charge in [-0.05, 0) is 18.2 Å². The minimum Gasteiger partial charge on any atom is -0.287 e. The summed E-state index contributed by atoms with van der Waals surface area (Å²) in [5.41, 5.74) is 0.331. The Bertz CT molecular complexity index is 243. The lowest BCUT2D eigenvalue weighted by atomic mass is 10.3. The topological polar surface area (TPSA) is 42.9 Å². The predicted octanol–water partition coefficient (Wildman–Crippen LogP) is 0.845. The van der Waals surface area contributed by atoms with E-state index in [-0.39, 0.29) is 5.78 Å². The molecule has 0 aliphatic rings. The van der Waals surface area contributed by atoms with Gasteiger partial charge in [-0.15, -0.1) is 5.10 Å². The zero-order valence-electron chi connectivity index (χ0n) is 5.32. The van der Waals surface area contributed by atoms with Crippen molar-refractivity contribution in [2.24, 2.45) is 0 Å². The van der Waals surface area contributed by atoms with Crippen molar-refractivity contribution < 1.29 is 4.79 Å². The quantitative estimate of drug-likeness (QED) is 0.444. The summed E-state index contributed by atoms with van der Waals surface area (Å²) >= 11 is 0. The lowest BCUT2D eigenvalue weighted by Gasteiger charge is -1.88. The highest BCUT2D eigenvalue weighted by Crippen LogP contribution is 1.92. The first-order valence-corrected chi connectivity index (χ1v) is 2.79. The number of rotatable bonds is 2. The highest BCUT2D eigenvalue weighted by molar-refractivity contribution is 6.02. The zero-order chi connectivity index (χ0) is 7.40. The molecule has 0 aromatic carbocycles. The molecule has 3 nitrogen and oxygen atoms in total. The van der Waals surface area contributed by atoms with Crippen molar-refractivity contribution in [1.29, 1.82) is 0 Å². The summed E-state index contributed by atoms with van der Waals surface area (Å²) in [4.78, 5) is 10.8. The molecular weight excluding hydrogens is 128 g/mol. The van der Waals surface area contributed by atoms with E-state index in [4.69, 9.17) is 0 Å². The van der Waals surface area contributed by atoms with Gasteiger partial charge in [0.05, 0.1) is 0 Å². The second kappa shape index (κ2) is 2.87. The first-order valence-electron chi connectivity index (χ1n) is 2.79. The summed E-state index contributed by atoms with van der Waals surface area (Å²) < 4.78 is 0. The Morgan fingerprint density at radius 3 is 3.00 bits per heavy atom. The van der Waals surface area contributed by atoms with Crippen molar-refractivity contribution in [3.05, 3.63) is 36.7 Å². The summed E-state index contributed by atoms with van der Waals surface area (Å²) in [5.74, 6) is -0.201. The molecule has 1 rings (SSSR count). The number of nitrogens with zero attached hydrogens (tertiary/aromatic N) is 2. The molecule has 0 atom stereocenters. The number of hydrogen-bond donors (Lipinski definition) is 0. The van der Waals surface area contributed by atoms with E-state index in [9.17, 15) is 4.79 Å². The van der Waals surface area contributed by atoms with Crippen molar-refractivity contribution in [2.45, 2.75) is 0 Å². The second-order valence-electron chi connectivity index (χ2n) is 1.68. The van der Waals surface area contributed by atoms with Crippen LogP contribution in [-0.4, -0.2) is 16.0 Å². The number of ketones is 1. The van der Waals surface area contributed by atoms with Gasteiger partial charge in [0, 0.05) is 6.20 Å². The fourth-order valence-corrected chi connectivity index (χ4v) is 0.538. The summed E-state index contributed by atoms with van der Waals surface area (Å²) in [6.45, 7) is 3.32. The normalized spacial score (nSPS) is 8.80. The fourth-order valence-electron chi connectivity index (χ4n) is 0.538. The van der Waals surface area contributed by atoms with Gasteiger partial charge in [-0.25, -0.2) is 0 Å². The number of carbonyl (C=O) groups is 1. The molecule has 0 aliphatic heterocycles. The standard InChI is InChI=1S/C7H6N2O/c1-2-7(10)6-4-3-5-8-9-6/h2-5H,1H2. The Morgan fingerprint density at radius 2 is 2.50 bits per heavy atom. The minimum atomic E-state index is -0.201. The molecular formula is C7H6N2O. The average molecular weight is 134 g/mol. The monoisotopic (exact) mass is 134 g/mol. The lowest BCUT2D eigenvalue weighted by Crippen LogP contribution is -1.97. The van der Waals surface area contributed by atoms with Crippen LogP contribution in [0.5, 0.6) is 0 Å². The van der Waals surface area contributed by atoms with E-state index in [0.29, 0.717) is 5.69 Å². The first kappa shape index (κ1) is 6.61. The van der Waals surface area contributed by atoms with Gasteiger partial charge < -0.3 is 0 Å². The van der Waals surface area contributed by atoms with Crippen LogP contribution in [-0.2, 0) is 0 Å². The number of allylic oxidation sites excluding steroid dienone is 1. The van der Waals surface area contributed by atoms with Gasteiger partial charge in [0.15, 0.2) is 0 Å². The van der Waals surface area contributed by atoms with Crippen LogP contribution in [0.2, 0.25) is 0 Å². The molecule has 0 fully saturated rings. The van der Waals surface area contributed by atoms with Crippen LogP contribution in [0, 0.1) is 0 Å². The maximum atomic E-state index is 10.8. The Hall–Kier alpha value is -1.51. The van der Waals surface area contributed by atoms with E-state index < -0.39 is 0 Å². The van der Waals surface area contributed by atoms with Crippen LogP contribution in [0.15, 0.2) is 31.0 Å². The van der Waals surface area contributed by atoms with Crippen LogP contribution >= 0.6 is 0 Å². The highest BCUT2D eigenvalue weighted by atomic mass is 16.1. The molecule has 1 aromatic rings. The van der Waals surface area contributed by atoms with E-state index >= 15 is 0 Å². The highest BCUT2D eigenvalue weighted by Gasteiger charge is 1.99. The average Bonchev–Trinajstić information content (AvgIpc) is 2.05. The van der Waals surface area contributed by atoms with Crippen LogP contribution < -0.4 is 0 Å². The third kappa shape index (κ3) is 1.25. The molecule has 0 N–H and O–H groups in total. The fraction of sp³-hybridized carbons (Fsp3) is 0. The Labute approximate surface area is 58.4 Å². The van der Waals surface area contributed by atoms with Crippen LogP contribution in [0.4, 0.5) is 0 Å². The largest absolute Gasteiger partial charge is 0.287 e. The van der Waals surface area contributed by atoms with E-state index in [1.54, 1.807) is 12.1 Å². The molecule has 10 heavy (non-hydrogen) atoms. The van der Waals surface area contributed by atoms with Crippen LogP contribution in [0.1, 0.15) is 10.5 Å². The van der Waals surface area contributed by atoms with Crippen molar-refractivity contribution >= 4 is 5.78 Å². The van der Waals surface area contributed by atoms with Gasteiger partial charge in [0.25, 0.3) is 0 Å². The smallest absolute Gasteiger partial charge is 0.205 e. The number of aromatic nitrogens is 2. The molecule has 0 saturated carbocycles. The third-order valence-corrected chi connectivity index (χ3v) is 1.01. The Morgan fingerprint density at radius 1 is 1.70 bits per heavy atom. The van der Waals surface area contributed by atoms with Crippen molar-refractivity contribution in [1.82, 2.24) is 10.2 Å². The molecule has 0 saturated heterocycles. The molecule has 0 bridgehead atoms. The predicted molar refractivity (Wildman–Crippen MR) is 36.6 cm³/mol. The summed E-state index contributed by atoms with van der Waals surface area (Å²) in [6.07, 6.45) is 2.73. The van der Waals surface area contributed by atoms with E-state index in [1.807, 2.05) is 0 Å². The minimum absolute atomic E-state index is 0.201. The zero-order valence-corrected chi connectivity index (χ0v) is 5.32. The van der Waals surface area contributed by atoms with Gasteiger partial charge in [-0.2, -0.15) is 5.10 Å². The van der Waals surface area contributed by atoms with Gasteiger partial charge >= 0.3 is 0 Å². The Balaban J connectivity index is 2.95. The van der Waals surface area contributed by atoms with Crippen molar-refractivity contribution in [3.8, 4) is 0 Å². The summed E-state index contributed by atoms with van der Waals surface area (Å²) in [5, 5.41) is 7.11. The summed E-state index contributed by atoms with van der Waals surface area (Å²) in [6, 6.07) is 3.25. The first-order chi connectivity index (χ1) is 4.84. The summed E-state index contributed by atoms with van der Waals surface area (Å²) in [7, 11) is 0. The molecule has 1 aromatic heterocycles. The van der Waals surface area contributed by atoms with Gasteiger partial charge in [0.2, 0.25) is 5.78 Å². The molecule has 0 unspecified atom stereocenters. The van der Waals surface area contributed by atoms with Gasteiger partial charge in [-0.1, -0.05) is 6.58 Å². The molecule has 0 radical (unpaired) electrons. The second-order valence-corrected chi connectivity index (χ2v) is 1.68. The van der Waals surface area contributed by atoms with Crippen LogP contribution in [0.25, 0.3) is 0 Å².